The van der Waals surface area contributed by atoms with E-state index < -0.39 is 12.0 Å². The third-order valence-corrected chi connectivity index (χ3v) is 6.84. The monoisotopic (exact) mass is 648 g/mol. The lowest BCUT2D eigenvalue weighted by atomic mass is 10.1. The highest BCUT2D eigenvalue weighted by Gasteiger charge is 2.19. The predicted octanol–water partition coefficient (Wildman–Crippen LogP) is 3.97. The van der Waals surface area contributed by atoms with Crippen LogP contribution in [-0.4, -0.2) is 117 Å². The van der Waals surface area contributed by atoms with Crippen molar-refractivity contribution >= 4 is 17.8 Å². The fraction of sp³-hybridized carbons (Fsp3) is 0.909. The molecule has 12 heteroatoms. The maximum Gasteiger partial charge on any atom is 0.328 e. The average molecular weight is 649 g/mol. The van der Waals surface area contributed by atoms with Gasteiger partial charge in [0.15, 0.2) is 0 Å². The Morgan fingerprint density at radius 1 is 0.556 bits per heavy atom. The Morgan fingerprint density at radius 3 is 1.47 bits per heavy atom. The fourth-order valence-corrected chi connectivity index (χ4v) is 4.34. The lowest BCUT2D eigenvalue weighted by Crippen LogP contribution is -2.40. The van der Waals surface area contributed by atoms with Crippen molar-refractivity contribution in [2.24, 2.45) is 0 Å². The van der Waals surface area contributed by atoms with Gasteiger partial charge in [0.25, 0.3) is 0 Å². The molecule has 45 heavy (non-hydrogen) atoms. The van der Waals surface area contributed by atoms with Crippen molar-refractivity contribution in [2.75, 3.05) is 92.9 Å². The topological polar surface area (TPSA) is 140 Å². The Kier molecular flexibility index (Phi) is 33.6. The van der Waals surface area contributed by atoms with Crippen molar-refractivity contribution in [1.29, 1.82) is 0 Å². The van der Waals surface area contributed by atoms with Crippen LogP contribution in [0.4, 0.5) is 0 Å². The second-order valence-corrected chi connectivity index (χ2v) is 10.9. The van der Waals surface area contributed by atoms with Crippen LogP contribution in [0.3, 0.4) is 0 Å². The Hall–Kier alpha value is -1.83. The van der Waals surface area contributed by atoms with E-state index in [2.05, 4.69) is 22.3 Å². The van der Waals surface area contributed by atoms with Gasteiger partial charge in [-0.1, -0.05) is 64.7 Å². The molecule has 0 spiro atoms. The highest BCUT2D eigenvalue weighted by Crippen LogP contribution is 2.10. The highest BCUT2D eigenvalue weighted by atomic mass is 16.6. The van der Waals surface area contributed by atoms with Crippen LogP contribution < -0.4 is 10.6 Å². The summed E-state index contributed by atoms with van der Waals surface area (Å²) in [5.74, 6) is -0.989. The van der Waals surface area contributed by atoms with Crippen LogP contribution in [0.5, 0.6) is 0 Å². The third-order valence-electron chi connectivity index (χ3n) is 6.84. The molecule has 0 aromatic rings. The maximum atomic E-state index is 11.8. The molecule has 2 amide bonds. The number of unbranched alkanes of at least 4 members (excludes halogenated alkanes) is 10. The van der Waals surface area contributed by atoms with Gasteiger partial charge in [0.05, 0.1) is 73.2 Å². The van der Waals surface area contributed by atoms with Gasteiger partial charge in [-0.15, -0.1) is 0 Å². The third kappa shape index (κ3) is 33.4. The SMILES string of the molecule is CCCCCCCCCCCCOCCOCCOCCOCCOCCOCC(=O)NCCCC[C@H](NC(C)=O)C(=O)OC. The molecule has 0 heterocycles. The molecule has 0 unspecified atom stereocenters. The number of nitrogens with one attached hydrogen (secondary N) is 2. The van der Waals surface area contributed by atoms with Gasteiger partial charge in [-0.25, -0.2) is 4.79 Å². The number of ether oxygens (including phenoxy) is 7. The first-order valence-corrected chi connectivity index (χ1v) is 17.1. The van der Waals surface area contributed by atoms with Gasteiger partial charge in [-0.2, -0.15) is 0 Å². The van der Waals surface area contributed by atoms with E-state index in [1.165, 1.54) is 71.8 Å². The summed E-state index contributed by atoms with van der Waals surface area (Å²) in [6, 6.07) is -0.671. The standard InChI is InChI=1S/C33H64N2O10/c1-4-5-6-7-8-9-10-11-12-15-18-40-19-20-41-21-22-42-23-24-43-25-26-44-27-28-45-29-32(37)34-17-14-13-16-31(33(38)39-3)35-30(2)36/h31H,4-29H2,1-3H3,(H,34,37)(H,35,36)/t31-/m0/s1. The van der Waals surface area contributed by atoms with E-state index in [-0.39, 0.29) is 18.4 Å². The molecule has 0 aliphatic heterocycles. The van der Waals surface area contributed by atoms with E-state index >= 15 is 0 Å². The molecule has 266 valence electrons. The zero-order valence-corrected chi connectivity index (χ0v) is 28.5. The van der Waals surface area contributed by atoms with Crippen LogP contribution in [0.25, 0.3) is 0 Å². The summed E-state index contributed by atoms with van der Waals surface area (Å²) >= 11 is 0. The molecule has 0 bridgehead atoms. The molecule has 0 aromatic carbocycles. The number of carbonyl (C=O) groups excluding carboxylic acids is 3. The van der Waals surface area contributed by atoms with E-state index in [4.69, 9.17) is 28.4 Å². The van der Waals surface area contributed by atoms with Crippen LogP contribution in [-0.2, 0) is 47.5 Å². The molecular formula is C33H64N2O10. The van der Waals surface area contributed by atoms with Gasteiger partial charge in [-0.05, 0) is 25.7 Å². The maximum absolute atomic E-state index is 11.8. The minimum Gasteiger partial charge on any atom is -0.467 e. The molecule has 0 saturated heterocycles. The van der Waals surface area contributed by atoms with Gasteiger partial charge >= 0.3 is 5.97 Å². The van der Waals surface area contributed by atoms with E-state index in [1.54, 1.807) is 0 Å². The number of hydrogen-bond acceptors (Lipinski definition) is 10. The smallest absolute Gasteiger partial charge is 0.328 e. The molecule has 0 aromatic heterocycles. The van der Waals surface area contributed by atoms with Crippen molar-refractivity contribution in [2.45, 2.75) is 103 Å². The minimum absolute atomic E-state index is 0.0516. The molecule has 0 aliphatic rings. The summed E-state index contributed by atoms with van der Waals surface area (Å²) in [5, 5.41) is 5.32. The highest BCUT2D eigenvalue weighted by molar-refractivity contribution is 5.83. The summed E-state index contributed by atoms with van der Waals surface area (Å²) < 4.78 is 37.5. The van der Waals surface area contributed by atoms with Crippen molar-refractivity contribution in [3.8, 4) is 0 Å². The largest absolute Gasteiger partial charge is 0.467 e. The average Bonchev–Trinajstić information content (AvgIpc) is 3.03. The number of carbonyl (C=O) groups is 3. The van der Waals surface area contributed by atoms with Crippen LogP contribution >= 0.6 is 0 Å². The summed E-state index contributed by atoms with van der Waals surface area (Å²) in [7, 11) is 1.28. The van der Waals surface area contributed by atoms with Crippen LogP contribution in [0, 0.1) is 0 Å². The van der Waals surface area contributed by atoms with Crippen molar-refractivity contribution in [3.63, 3.8) is 0 Å². The van der Waals surface area contributed by atoms with Crippen molar-refractivity contribution < 1.29 is 47.5 Å². The van der Waals surface area contributed by atoms with E-state index in [1.807, 2.05) is 0 Å². The van der Waals surface area contributed by atoms with Crippen LogP contribution in [0.1, 0.15) is 97.3 Å². The number of esters is 1. The first-order valence-electron chi connectivity index (χ1n) is 17.1. The number of amides is 2. The molecule has 0 fully saturated rings. The normalized spacial score (nSPS) is 11.8. The second kappa shape index (κ2) is 35.0. The van der Waals surface area contributed by atoms with Crippen LogP contribution in [0.15, 0.2) is 0 Å². The molecular weight excluding hydrogens is 584 g/mol. The first kappa shape index (κ1) is 43.2. The van der Waals surface area contributed by atoms with Gasteiger partial charge in [0.2, 0.25) is 11.8 Å². The predicted molar refractivity (Wildman–Crippen MR) is 173 cm³/mol. The lowest BCUT2D eigenvalue weighted by molar-refractivity contribution is -0.145. The van der Waals surface area contributed by atoms with Crippen molar-refractivity contribution in [3.05, 3.63) is 0 Å². The Morgan fingerprint density at radius 2 is 1.00 bits per heavy atom. The zero-order valence-electron chi connectivity index (χ0n) is 28.5. The number of hydrogen-bond donors (Lipinski definition) is 2. The summed E-state index contributed by atoms with van der Waals surface area (Å²) in [6.45, 7) is 9.65. The zero-order chi connectivity index (χ0) is 33.1. The Balaban J connectivity index is 3.27. The summed E-state index contributed by atoms with van der Waals surface area (Å²) in [5.41, 5.74) is 0. The van der Waals surface area contributed by atoms with Gasteiger partial charge in [-0.3, -0.25) is 9.59 Å². The van der Waals surface area contributed by atoms with Crippen LogP contribution in [0.2, 0.25) is 0 Å². The molecule has 12 nitrogen and oxygen atoms in total. The van der Waals surface area contributed by atoms with Gasteiger partial charge in [0, 0.05) is 20.1 Å². The molecule has 0 aliphatic carbocycles. The molecule has 0 saturated carbocycles. The second-order valence-electron chi connectivity index (χ2n) is 10.9. The molecule has 0 rings (SSSR count). The first-order chi connectivity index (χ1) is 22.0. The molecule has 2 N–H and O–H groups in total. The summed E-state index contributed by atoms with van der Waals surface area (Å²) in [6.07, 6.45) is 15.1. The fourth-order valence-electron chi connectivity index (χ4n) is 4.34. The van der Waals surface area contributed by atoms with E-state index in [9.17, 15) is 14.4 Å². The Bertz CT molecular complexity index is 684. The van der Waals surface area contributed by atoms with Gasteiger partial charge in [0.1, 0.15) is 12.6 Å². The summed E-state index contributed by atoms with van der Waals surface area (Å²) in [4.78, 5) is 34.7. The molecule has 1 atom stereocenters. The van der Waals surface area contributed by atoms with Crippen molar-refractivity contribution in [1.82, 2.24) is 10.6 Å². The minimum atomic E-state index is -0.671. The lowest BCUT2D eigenvalue weighted by Gasteiger charge is -2.15. The number of methoxy groups -OCH3 is 1. The van der Waals surface area contributed by atoms with E-state index in [0.29, 0.717) is 91.9 Å². The van der Waals surface area contributed by atoms with E-state index in [0.717, 1.165) is 13.0 Å². The number of rotatable bonds is 35. The molecule has 0 radical (unpaired) electrons. The Labute approximate surface area is 272 Å². The van der Waals surface area contributed by atoms with Gasteiger partial charge < -0.3 is 43.8 Å². The quantitative estimate of drug-likeness (QED) is 0.0767.